The molecule has 2 aliphatic carbocycles. The minimum absolute atomic E-state index is 0.0950. The van der Waals surface area contributed by atoms with E-state index < -0.39 is 0 Å². The third-order valence-corrected chi connectivity index (χ3v) is 3.83. The number of ether oxygens (including phenoxy) is 1. The van der Waals surface area contributed by atoms with Gasteiger partial charge in [-0.3, -0.25) is 4.79 Å². The monoisotopic (exact) mass is 206 g/mol. The number of carbonyl (C=O) groups excluding carboxylic acids is 1. The first-order chi connectivity index (χ1) is 7.14. The predicted octanol–water partition coefficient (Wildman–Crippen LogP) is 2.03. The first-order valence-corrected chi connectivity index (χ1v) is 4.99. The van der Waals surface area contributed by atoms with Crippen LogP contribution in [0.15, 0.2) is 24.3 Å². The fraction of sp³-hybridized carbons (Fsp3) is 0.417. The van der Waals surface area contributed by atoms with Gasteiger partial charge < -0.3 is 4.74 Å². The summed E-state index contributed by atoms with van der Waals surface area (Å²) < 4.78 is 17.8. The molecule has 0 amide bonds. The number of halogens is 1. The molecular weight excluding hydrogens is 195 g/mol. The van der Waals surface area contributed by atoms with Crippen molar-refractivity contribution in [2.75, 3.05) is 7.11 Å². The maximum absolute atomic E-state index is 13.0. The van der Waals surface area contributed by atoms with Gasteiger partial charge in [-0.25, -0.2) is 4.39 Å². The number of benzene rings is 1. The smallest absolute Gasteiger partial charge is 0.312 e. The molecule has 0 atom stereocenters. The van der Waals surface area contributed by atoms with Gasteiger partial charge in [-0.15, -0.1) is 0 Å². The Morgan fingerprint density at radius 2 is 2.20 bits per heavy atom. The summed E-state index contributed by atoms with van der Waals surface area (Å²) in [6.45, 7) is 0. The van der Waals surface area contributed by atoms with Crippen LogP contribution in [0.1, 0.15) is 18.4 Å². The zero-order valence-electron chi connectivity index (χ0n) is 8.42. The Hall–Kier alpha value is -1.38. The number of rotatable bonds is 2. The van der Waals surface area contributed by atoms with E-state index in [0.717, 1.165) is 18.4 Å². The minimum atomic E-state index is -0.310. The van der Waals surface area contributed by atoms with Crippen molar-refractivity contribution in [3.8, 4) is 0 Å². The van der Waals surface area contributed by atoms with Crippen LogP contribution in [0.25, 0.3) is 0 Å². The van der Waals surface area contributed by atoms with Crippen molar-refractivity contribution in [2.45, 2.75) is 18.3 Å². The second-order valence-electron chi connectivity index (χ2n) is 4.52. The number of esters is 1. The molecule has 15 heavy (non-hydrogen) atoms. The molecule has 2 saturated carbocycles. The standard InChI is InChI=1S/C12H11FO2/c1-15-10(14)12-6-11(12,7-12)8-3-2-4-9(13)5-8/h2-5H,6-7H2,1H3. The van der Waals surface area contributed by atoms with Crippen LogP contribution in [0, 0.1) is 11.2 Å². The normalized spacial score (nSPS) is 35.6. The SMILES string of the molecule is COC(=O)C12CC1(c1cccc(F)c1)C2. The molecular formula is C12H11FO2. The molecule has 0 spiro atoms. The van der Waals surface area contributed by atoms with Gasteiger partial charge in [0.2, 0.25) is 0 Å². The number of fused-ring (bicyclic) bond motifs is 1. The van der Waals surface area contributed by atoms with Gasteiger partial charge in [0.1, 0.15) is 5.82 Å². The molecule has 0 aliphatic heterocycles. The Morgan fingerprint density at radius 3 is 2.80 bits per heavy atom. The molecule has 0 heterocycles. The molecule has 0 bridgehead atoms. The number of methoxy groups -OCH3 is 1. The molecule has 3 heteroatoms. The molecule has 2 nitrogen and oxygen atoms in total. The van der Waals surface area contributed by atoms with Crippen molar-refractivity contribution in [2.24, 2.45) is 5.41 Å². The van der Waals surface area contributed by atoms with Crippen molar-refractivity contribution < 1.29 is 13.9 Å². The van der Waals surface area contributed by atoms with Gasteiger partial charge >= 0.3 is 5.97 Å². The van der Waals surface area contributed by atoms with Gasteiger partial charge in [0.15, 0.2) is 0 Å². The average Bonchev–Trinajstić information content (AvgIpc) is 3.02. The van der Waals surface area contributed by atoms with Crippen LogP contribution < -0.4 is 0 Å². The second kappa shape index (κ2) is 2.40. The lowest BCUT2D eigenvalue weighted by Gasteiger charge is -2.01. The van der Waals surface area contributed by atoms with Crippen molar-refractivity contribution in [3.05, 3.63) is 35.6 Å². The Labute approximate surface area is 87.0 Å². The van der Waals surface area contributed by atoms with Gasteiger partial charge in [0.05, 0.1) is 12.5 Å². The highest BCUT2D eigenvalue weighted by atomic mass is 19.1. The fourth-order valence-corrected chi connectivity index (χ4v) is 2.69. The zero-order valence-corrected chi connectivity index (χ0v) is 8.42. The van der Waals surface area contributed by atoms with E-state index in [4.69, 9.17) is 4.74 Å². The Balaban J connectivity index is 1.92. The number of hydrogen-bond acceptors (Lipinski definition) is 2. The molecule has 0 radical (unpaired) electrons. The molecule has 0 N–H and O–H groups in total. The number of hydrogen-bond donors (Lipinski definition) is 0. The van der Waals surface area contributed by atoms with Gasteiger partial charge in [-0.05, 0) is 30.5 Å². The highest BCUT2D eigenvalue weighted by molar-refractivity contribution is 5.90. The second-order valence-corrected chi connectivity index (χ2v) is 4.52. The van der Waals surface area contributed by atoms with E-state index in [2.05, 4.69) is 0 Å². The summed E-state index contributed by atoms with van der Waals surface area (Å²) in [6, 6.07) is 6.53. The fourth-order valence-electron chi connectivity index (χ4n) is 2.69. The highest BCUT2D eigenvalue weighted by Gasteiger charge is 2.88. The summed E-state index contributed by atoms with van der Waals surface area (Å²) in [5, 5.41) is 0. The summed E-state index contributed by atoms with van der Waals surface area (Å²) in [7, 11) is 1.41. The van der Waals surface area contributed by atoms with Crippen LogP contribution in [0.5, 0.6) is 0 Å². The van der Waals surface area contributed by atoms with Crippen molar-refractivity contribution in [1.29, 1.82) is 0 Å². The summed E-state index contributed by atoms with van der Waals surface area (Å²) in [5.41, 5.74) is 0.533. The van der Waals surface area contributed by atoms with Gasteiger partial charge in [-0.2, -0.15) is 0 Å². The van der Waals surface area contributed by atoms with Gasteiger partial charge in [0, 0.05) is 5.41 Å². The lowest BCUT2D eigenvalue weighted by molar-refractivity contribution is -0.144. The van der Waals surface area contributed by atoms with E-state index in [0.29, 0.717) is 0 Å². The molecule has 3 rings (SSSR count). The predicted molar refractivity (Wildman–Crippen MR) is 51.8 cm³/mol. The molecule has 2 aliphatic rings. The molecule has 1 aromatic carbocycles. The van der Waals surface area contributed by atoms with Crippen LogP contribution in [0.2, 0.25) is 0 Å². The van der Waals surface area contributed by atoms with Crippen LogP contribution in [-0.2, 0) is 14.9 Å². The van der Waals surface area contributed by atoms with Crippen molar-refractivity contribution in [3.63, 3.8) is 0 Å². The largest absolute Gasteiger partial charge is 0.469 e. The number of carbonyl (C=O) groups is 1. The molecule has 0 saturated heterocycles. The third-order valence-electron chi connectivity index (χ3n) is 3.83. The van der Waals surface area contributed by atoms with Crippen LogP contribution in [0.4, 0.5) is 4.39 Å². The summed E-state index contributed by atoms with van der Waals surface area (Å²) in [6.07, 6.45) is 1.63. The van der Waals surface area contributed by atoms with E-state index in [1.807, 2.05) is 6.07 Å². The zero-order chi connectivity index (χ0) is 10.7. The van der Waals surface area contributed by atoms with E-state index >= 15 is 0 Å². The molecule has 2 fully saturated rings. The summed E-state index contributed by atoms with van der Waals surface area (Å²) in [5.74, 6) is -0.383. The summed E-state index contributed by atoms with van der Waals surface area (Å²) in [4.78, 5) is 11.5. The first-order valence-electron chi connectivity index (χ1n) is 4.99. The maximum atomic E-state index is 13.0. The average molecular weight is 206 g/mol. The molecule has 78 valence electrons. The molecule has 0 aromatic heterocycles. The maximum Gasteiger partial charge on any atom is 0.312 e. The van der Waals surface area contributed by atoms with Crippen LogP contribution >= 0.6 is 0 Å². The lowest BCUT2D eigenvalue weighted by Crippen LogP contribution is -2.08. The Kier molecular flexibility index (Phi) is 1.43. The van der Waals surface area contributed by atoms with E-state index in [1.54, 1.807) is 6.07 Å². The molecule has 0 unspecified atom stereocenters. The Morgan fingerprint density at radius 1 is 1.47 bits per heavy atom. The van der Waals surface area contributed by atoms with E-state index in [9.17, 15) is 9.18 Å². The topological polar surface area (TPSA) is 26.3 Å². The van der Waals surface area contributed by atoms with Crippen LogP contribution in [-0.4, -0.2) is 13.1 Å². The minimum Gasteiger partial charge on any atom is -0.469 e. The van der Waals surface area contributed by atoms with E-state index in [1.165, 1.54) is 19.2 Å². The Bertz CT molecular complexity index is 447. The van der Waals surface area contributed by atoms with Crippen molar-refractivity contribution >= 4 is 5.97 Å². The van der Waals surface area contributed by atoms with Crippen molar-refractivity contribution in [1.82, 2.24) is 0 Å². The third kappa shape index (κ3) is 0.907. The van der Waals surface area contributed by atoms with Crippen LogP contribution in [0.3, 0.4) is 0 Å². The van der Waals surface area contributed by atoms with Gasteiger partial charge in [-0.1, -0.05) is 12.1 Å². The van der Waals surface area contributed by atoms with E-state index in [-0.39, 0.29) is 22.6 Å². The lowest BCUT2D eigenvalue weighted by atomic mass is 10.0. The van der Waals surface area contributed by atoms with Gasteiger partial charge in [0.25, 0.3) is 0 Å². The first kappa shape index (κ1) is 8.89. The molecule has 1 aromatic rings. The highest BCUT2D eigenvalue weighted by Crippen LogP contribution is 2.86. The quantitative estimate of drug-likeness (QED) is 0.692. The summed E-state index contributed by atoms with van der Waals surface area (Å²) >= 11 is 0.